The van der Waals surface area contributed by atoms with E-state index >= 15 is 0 Å². The van der Waals surface area contributed by atoms with Gasteiger partial charge < -0.3 is 20.2 Å². The fourth-order valence-corrected chi connectivity index (χ4v) is 2.95. The third kappa shape index (κ3) is 2.62. The van der Waals surface area contributed by atoms with E-state index in [9.17, 15) is 4.79 Å². The molecule has 0 aliphatic carbocycles. The SMILES string of the molecule is COc1cc(OC)c2c(-c3ccc(Cl)cc3)c[nH]c2c1C(=O)CN. The fraction of sp³-hybridized carbons (Fsp3) is 0.167. The molecule has 3 N–H and O–H groups in total. The molecule has 0 radical (unpaired) electrons. The van der Waals surface area contributed by atoms with Gasteiger partial charge in [0.15, 0.2) is 5.78 Å². The molecular formula is C18H17ClN2O3. The van der Waals surface area contributed by atoms with Gasteiger partial charge in [0.05, 0.1) is 37.2 Å². The number of rotatable bonds is 5. The van der Waals surface area contributed by atoms with Gasteiger partial charge in [-0.05, 0) is 17.7 Å². The van der Waals surface area contributed by atoms with Crippen molar-refractivity contribution in [3.8, 4) is 22.6 Å². The molecule has 3 rings (SSSR count). The summed E-state index contributed by atoms with van der Waals surface area (Å²) in [6.45, 7) is -0.104. The number of nitrogens with two attached hydrogens (primary N) is 1. The molecule has 1 heterocycles. The van der Waals surface area contributed by atoms with Crippen LogP contribution in [0.3, 0.4) is 0 Å². The average molecular weight is 345 g/mol. The first-order chi connectivity index (χ1) is 11.6. The predicted molar refractivity (Wildman–Crippen MR) is 95.2 cm³/mol. The third-order valence-electron chi connectivity index (χ3n) is 3.94. The minimum atomic E-state index is -0.205. The van der Waals surface area contributed by atoms with E-state index in [4.69, 9.17) is 26.8 Å². The van der Waals surface area contributed by atoms with Gasteiger partial charge in [-0.15, -0.1) is 0 Å². The standard InChI is InChI=1S/C18H17ClN2O3/c1-23-14-7-15(24-2)17(13(22)8-20)18-16(14)12(9-21-18)10-3-5-11(19)6-4-10/h3-7,9,21H,8,20H2,1-2H3. The number of halogens is 1. The molecule has 0 unspecified atom stereocenters. The second-order valence-electron chi connectivity index (χ2n) is 5.24. The maximum Gasteiger partial charge on any atom is 0.182 e. The summed E-state index contributed by atoms with van der Waals surface area (Å²) in [4.78, 5) is 15.5. The van der Waals surface area contributed by atoms with Crippen LogP contribution in [0.15, 0.2) is 36.5 Å². The number of Topliss-reactive ketones (excluding diaryl/α,β-unsaturated/α-hetero) is 1. The number of carbonyl (C=O) groups excluding carboxylic acids is 1. The first kappa shape index (κ1) is 16.4. The Labute approximate surface area is 144 Å². The van der Waals surface area contributed by atoms with E-state index in [1.807, 2.05) is 30.5 Å². The van der Waals surface area contributed by atoms with Crippen molar-refractivity contribution >= 4 is 28.3 Å². The van der Waals surface area contributed by atoms with Crippen molar-refractivity contribution in [3.63, 3.8) is 0 Å². The van der Waals surface area contributed by atoms with Crippen molar-refractivity contribution in [2.24, 2.45) is 5.73 Å². The molecule has 124 valence electrons. The molecule has 0 spiro atoms. The summed E-state index contributed by atoms with van der Waals surface area (Å²) in [6.07, 6.45) is 1.84. The van der Waals surface area contributed by atoms with E-state index in [-0.39, 0.29) is 12.3 Å². The van der Waals surface area contributed by atoms with Crippen LogP contribution in [0.5, 0.6) is 11.5 Å². The smallest absolute Gasteiger partial charge is 0.182 e. The van der Waals surface area contributed by atoms with E-state index < -0.39 is 0 Å². The highest BCUT2D eigenvalue weighted by Crippen LogP contribution is 2.41. The van der Waals surface area contributed by atoms with Crippen LogP contribution in [-0.2, 0) is 0 Å². The fourth-order valence-electron chi connectivity index (χ4n) is 2.82. The molecule has 24 heavy (non-hydrogen) atoms. The lowest BCUT2D eigenvalue weighted by Gasteiger charge is -2.12. The van der Waals surface area contributed by atoms with Crippen molar-refractivity contribution in [2.45, 2.75) is 0 Å². The summed E-state index contributed by atoms with van der Waals surface area (Å²) >= 11 is 5.97. The largest absolute Gasteiger partial charge is 0.496 e. The van der Waals surface area contributed by atoms with E-state index in [1.54, 1.807) is 13.2 Å². The Bertz CT molecular complexity index is 901. The van der Waals surface area contributed by atoms with Gasteiger partial charge in [0.2, 0.25) is 0 Å². The molecule has 6 heteroatoms. The van der Waals surface area contributed by atoms with Gasteiger partial charge in [-0.3, -0.25) is 4.79 Å². The lowest BCUT2D eigenvalue weighted by atomic mass is 9.99. The molecule has 2 aromatic carbocycles. The highest BCUT2D eigenvalue weighted by Gasteiger charge is 2.22. The van der Waals surface area contributed by atoms with Crippen LogP contribution < -0.4 is 15.2 Å². The first-order valence-corrected chi connectivity index (χ1v) is 7.73. The van der Waals surface area contributed by atoms with Crippen LogP contribution in [-0.4, -0.2) is 31.5 Å². The number of aromatic nitrogens is 1. The molecule has 0 fully saturated rings. The monoisotopic (exact) mass is 344 g/mol. The second-order valence-corrected chi connectivity index (χ2v) is 5.68. The van der Waals surface area contributed by atoms with Gasteiger partial charge >= 0.3 is 0 Å². The average Bonchev–Trinajstić information content (AvgIpc) is 3.05. The molecule has 0 saturated carbocycles. The van der Waals surface area contributed by atoms with Crippen LogP contribution >= 0.6 is 11.6 Å². The van der Waals surface area contributed by atoms with Crippen molar-refractivity contribution < 1.29 is 14.3 Å². The van der Waals surface area contributed by atoms with Crippen LogP contribution in [0.25, 0.3) is 22.0 Å². The summed E-state index contributed by atoms with van der Waals surface area (Å²) in [7, 11) is 3.09. The Balaban J connectivity index is 2.35. The van der Waals surface area contributed by atoms with E-state index in [0.29, 0.717) is 27.6 Å². The van der Waals surface area contributed by atoms with Crippen molar-refractivity contribution in [2.75, 3.05) is 20.8 Å². The highest BCUT2D eigenvalue weighted by atomic mass is 35.5. The molecule has 0 aliphatic rings. The Morgan fingerprint density at radius 3 is 2.42 bits per heavy atom. The molecule has 0 aliphatic heterocycles. The molecular weight excluding hydrogens is 328 g/mol. The number of methoxy groups -OCH3 is 2. The zero-order valence-corrected chi connectivity index (χ0v) is 14.1. The Morgan fingerprint density at radius 2 is 1.83 bits per heavy atom. The van der Waals surface area contributed by atoms with Gasteiger partial charge in [0.25, 0.3) is 0 Å². The van der Waals surface area contributed by atoms with Crippen molar-refractivity contribution in [1.82, 2.24) is 4.98 Å². The lowest BCUT2D eigenvalue weighted by Crippen LogP contribution is -2.15. The normalized spacial score (nSPS) is 10.8. The van der Waals surface area contributed by atoms with Gasteiger partial charge in [0.1, 0.15) is 11.5 Å². The Hall–Kier alpha value is -2.50. The number of nitrogens with one attached hydrogen (secondary N) is 1. The number of carbonyl (C=O) groups is 1. The van der Waals surface area contributed by atoms with Crippen LogP contribution in [0.1, 0.15) is 10.4 Å². The summed E-state index contributed by atoms with van der Waals surface area (Å²) in [5.41, 5.74) is 8.50. The van der Waals surface area contributed by atoms with Crippen LogP contribution in [0.4, 0.5) is 0 Å². The zero-order valence-electron chi connectivity index (χ0n) is 13.4. The number of benzene rings is 2. The molecule has 0 amide bonds. The predicted octanol–water partition coefficient (Wildman–Crippen LogP) is 3.65. The molecule has 5 nitrogen and oxygen atoms in total. The van der Waals surface area contributed by atoms with E-state index in [0.717, 1.165) is 16.5 Å². The quantitative estimate of drug-likeness (QED) is 0.693. The lowest BCUT2D eigenvalue weighted by molar-refractivity contribution is 0.1000. The third-order valence-corrected chi connectivity index (χ3v) is 4.20. The van der Waals surface area contributed by atoms with Crippen LogP contribution in [0.2, 0.25) is 5.02 Å². The van der Waals surface area contributed by atoms with Crippen molar-refractivity contribution in [3.05, 3.63) is 47.1 Å². The first-order valence-electron chi connectivity index (χ1n) is 7.36. The summed E-state index contributed by atoms with van der Waals surface area (Å²) in [6, 6.07) is 9.17. The maximum absolute atomic E-state index is 12.3. The van der Waals surface area contributed by atoms with Gasteiger partial charge in [-0.2, -0.15) is 0 Å². The summed E-state index contributed by atoms with van der Waals surface area (Å²) in [5.74, 6) is 0.838. The minimum Gasteiger partial charge on any atom is -0.496 e. The zero-order chi connectivity index (χ0) is 17.3. The second kappa shape index (κ2) is 6.55. The topological polar surface area (TPSA) is 77.3 Å². The number of hydrogen-bond acceptors (Lipinski definition) is 4. The van der Waals surface area contributed by atoms with Crippen LogP contribution in [0, 0.1) is 0 Å². The molecule has 3 aromatic rings. The Morgan fingerprint density at radius 1 is 1.17 bits per heavy atom. The van der Waals surface area contributed by atoms with Gasteiger partial charge in [0, 0.05) is 22.8 Å². The number of fused-ring (bicyclic) bond motifs is 1. The maximum atomic E-state index is 12.3. The summed E-state index contributed by atoms with van der Waals surface area (Å²) < 4.78 is 10.9. The molecule has 0 bridgehead atoms. The van der Waals surface area contributed by atoms with Gasteiger partial charge in [-0.1, -0.05) is 23.7 Å². The van der Waals surface area contributed by atoms with Crippen molar-refractivity contribution in [1.29, 1.82) is 0 Å². The summed E-state index contributed by atoms with van der Waals surface area (Å²) in [5, 5.41) is 1.46. The highest BCUT2D eigenvalue weighted by molar-refractivity contribution is 6.30. The number of H-pyrrole nitrogens is 1. The molecule has 0 atom stereocenters. The molecule has 0 saturated heterocycles. The number of aromatic amines is 1. The van der Waals surface area contributed by atoms with Gasteiger partial charge in [-0.25, -0.2) is 0 Å². The number of ketones is 1. The van der Waals surface area contributed by atoms with E-state index in [1.165, 1.54) is 7.11 Å². The minimum absolute atomic E-state index is 0.104. The number of ether oxygens (including phenoxy) is 2. The van der Waals surface area contributed by atoms with E-state index in [2.05, 4.69) is 4.98 Å². The molecule has 1 aromatic heterocycles. The number of hydrogen-bond donors (Lipinski definition) is 2. The Kier molecular flexibility index (Phi) is 4.46.